The molecule has 0 bridgehead atoms. The van der Waals surface area contributed by atoms with Gasteiger partial charge in [0.1, 0.15) is 5.69 Å². The first-order valence-electron chi connectivity index (χ1n) is 12.7. The third-order valence-electron chi connectivity index (χ3n) is 5.48. The van der Waals surface area contributed by atoms with Gasteiger partial charge in [0.05, 0.1) is 0 Å². The van der Waals surface area contributed by atoms with Crippen molar-refractivity contribution in [3.63, 3.8) is 0 Å². The summed E-state index contributed by atoms with van der Waals surface area (Å²) in [4.78, 5) is 37.0. The third kappa shape index (κ3) is 12.5. The molecule has 17 heteroatoms. The van der Waals surface area contributed by atoms with E-state index in [-0.39, 0.29) is 45.1 Å². The van der Waals surface area contributed by atoms with Crippen LogP contribution in [-0.2, 0) is 4.79 Å². The lowest BCUT2D eigenvalue weighted by Crippen LogP contribution is -2.38. The molecule has 0 unspecified atom stereocenters. The number of carbonyl (C=O) groups is 3. The summed E-state index contributed by atoms with van der Waals surface area (Å²) in [6.45, 7) is 4.80. The van der Waals surface area contributed by atoms with E-state index in [0.717, 1.165) is 0 Å². The molecule has 0 atom stereocenters. The predicted octanol–water partition coefficient (Wildman–Crippen LogP) is -3.68. The molecule has 220 valence electrons. The van der Waals surface area contributed by atoms with Crippen LogP contribution < -0.4 is 27.2 Å². The molecule has 9 N–H and O–H groups in total. The zero-order valence-electron chi connectivity index (χ0n) is 23.2. The van der Waals surface area contributed by atoms with Crippen molar-refractivity contribution in [1.29, 1.82) is 0 Å². The van der Waals surface area contributed by atoms with Gasteiger partial charge in [-0.1, -0.05) is 44.2 Å². The predicted molar refractivity (Wildman–Crippen MR) is 160 cm³/mol. The smallest absolute Gasteiger partial charge is 0.423 e. The lowest BCUT2D eigenvalue weighted by molar-refractivity contribution is -0.115. The molecule has 0 aliphatic heterocycles. The maximum atomic E-state index is 11.2. The maximum Gasteiger partial charge on any atom is 0.488 e. The molecule has 1 heterocycles. The van der Waals surface area contributed by atoms with Crippen LogP contribution in [0.1, 0.15) is 54.5 Å². The number of hydrogen-bond donors (Lipinski definition) is 9. The van der Waals surface area contributed by atoms with Crippen LogP contribution >= 0.6 is 0 Å². The van der Waals surface area contributed by atoms with Crippen LogP contribution in [-0.4, -0.2) is 91.1 Å². The SMILES string of the molecule is CC(=O)c1cc(B(O)O)cc(B(O)O)c1.CCC(=O)Nc1ccc(B(O)O)cc1.CCC(=O)c1cc(B(O)O)ccn1. The van der Waals surface area contributed by atoms with Crippen molar-refractivity contribution < 1.29 is 54.6 Å². The van der Waals surface area contributed by atoms with Crippen molar-refractivity contribution in [2.24, 2.45) is 0 Å². The molecule has 0 aliphatic carbocycles. The van der Waals surface area contributed by atoms with Crippen molar-refractivity contribution in [3.05, 3.63) is 72.1 Å². The Morgan fingerprint density at radius 1 is 0.667 bits per heavy atom. The van der Waals surface area contributed by atoms with Gasteiger partial charge >= 0.3 is 28.5 Å². The molecular formula is C25H32B4N2O11. The molecule has 0 saturated heterocycles. The highest BCUT2D eigenvalue weighted by Crippen LogP contribution is 2.04. The minimum atomic E-state index is -1.75. The number of ketones is 2. The number of benzene rings is 2. The van der Waals surface area contributed by atoms with Crippen molar-refractivity contribution in [1.82, 2.24) is 4.98 Å². The second-order valence-corrected chi connectivity index (χ2v) is 8.71. The molecule has 13 nitrogen and oxygen atoms in total. The first-order valence-corrected chi connectivity index (χ1v) is 12.7. The zero-order chi connectivity index (χ0) is 32.0. The van der Waals surface area contributed by atoms with Crippen LogP contribution in [0, 0.1) is 0 Å². The number of anilines is 1. The van der Waals surface area contributed by atoms with E-state index in [0.29, 0.717) is 24.0 Å². The Morgan fingerprint density at radius 3 is 1.57 bits per heavy atom. The second kappa shape index (κ2) is 18.0. The Labute approximate surface area is 244 Å². The highest BCUT2D eigenvalue weighted by atomic mass is 16.4. The number of rotatable bonds is 9. The molecule has 0 fully saturated rings. The van der Waals surface area contributed by atoms with Gasteiger partial charge < -0.3 is 45.5 Å². The van der Waals surface area contributed by atoms with E-state index < -0.39 is 28.5 Å². The van der Waals surface area contributed by atoms with E-state index in [4.69, 9.17) is 40.2 Å². The largest absolute Gasteiger partial charge is 0.488 e. The van der Waals surface area contributed by atoms with Crippen molar-refractivity contribution in [3.8, 4) is 0 Å². The maximum absolute atomic E-state index is 11.2. The van der Waals surface area contributed by atoms with Crippen LogP contribution in [0.25, 0.3) is 0 Å². The number of amides is 1. The number of aromatic nitrogens is 1. The molecule has 1 amide bonds. The lowest BCUT2D eigenvalue weighted by Gasteiger charge is -2.06. The van der Waals surface area contributed by atoms with E-state index in [2.05, 4.69) is 10.3 Å². The quantitative estimate of drug-likeness (QED) is 0.0880. The van der Waals surface area contributed by atoms with E-state index in [1.165, 1.54) is 43.5 Å². The van der Waals surface area contributed by atoms with Crippen molar-refractivity contribution in [2.45, 2.75) is 33.6 Å². The van der Waals surface area contributed by atoms with Gasteiger partial charge in [0, 0.05) is 30.3 Å². The highest BCUT2D eigenvalue weighted by molar-refractivity contribution is 6.63. The summed E-state index contributed by atoms with van der Waals surface area (Å²) in [6, 6.07) is 13.0. The zero-order valence-corrected chi connectivity index (χ0v) is 23.2. The van der Waals surface area contributed by atoms with E-state index >= 15 is 0 Å². The Balaban J connectivity index is 0.000000316. The Bertz CT molecular complexity index is 1300. The minimum Gasteiger partial charge on any atom is -0.423 e. The molecular weight excluding hydrogens is 548 g/mol. The highest BCUT2D eigenvalue weighted by Gasteiger charge is 2.19. The molecule has 0 saturated carbocycles. The first-order chi connectivity index (χ1) is 19.7. The minimum absolute atomic E-state index is 0.0470. The molecule has 3 rings (SSSR count). The second-order valence-electron chi connectivity index (χ2n) is 8.71. The fourth-order valence-electron chi connectivity index (χ4n) is 3.11. The number of nitrogens with zero attached hydrogens (tertiary/aromatic N) is 1. The summed E-state index contributed by atoms with van der Waals surface area (Å²) in [5, 5.41) is 73.6. The average Bonchev–Trinajstić information content (AvgIpc) is 2.97. The number of Topliss-reactive ketones (excluding diaryl/α,β-unsaturated/α-hetero) is 2. The fraction of sp³-hybridized carbons (Fsp3) is 0.200. The average molecular weight is 580 g/mol. The van der Waals surface area contributed by atoms with Gasteiger partial charge in [0.25, 0.3) is 0 Å². The summed E-state index contributed by atoms with van der Waals surface area (Å²) in [5.74, 6) is -0.468. The van der Waals surface area contributed by atoms with Crippen LogP contribution in [0.4, 0.5) is 5.69 Å². The number of carbonyl (C=O) groups excluding carboxylic acids is 3. The van der Waals surface area contributed by atoms with E-state index in [1.54, 1.807) is 38.1 Å². The van der Waals surface area contributed by atoms with Crippen LogP contribution in [0.2, 0.25) is 0 Å². The van der Waals surface area contributed by atoms with Crippen LogP contribution in [0.3, 0.4) is 0 Å². The normalized spacial score (nSPS) is 9.79. The molecule has 0 radical (unpaired) electrons. The summed E-state index contributed by atoms with van der Waals surface area (Å²) in [6.07, 6.45) is 2.17. The van der Waals surface area contributed by atoms with E-state index in [9.17, 15) is 14.4 Å². The van der Waals surface area contributed by atoms with Gasteiger partial charge in [-0.3, -0.25) is 19.4 Å². The van der Waals surface area contributed by atoms with E-state index in [1.807, 2.05) is 0 Å². The van der Waals surface area contributed by atoms with Gasteiger partial charge in [-0.2, -0.15) is 0 Å². The first kappa shape index (κ1) is 36.4. The molecule has 0 aliphatic rings. The van der Waals surface area contributed by atoms with Crippen LogP contribution in [0.5, 0.6) is 0 Å². The fourth-order valence-corrected chi connectivity index (χ4v) is 3.11. The van der Waals surface area contributed by atoms with Gasteiger partial charge in [-0.25, -0.2) is 0 Å². The van der Waals surface area contributed by atoms with Gasteiger partial charge in [-0.05, 0) is 53.0 Å². The number of pyridine rings is 1. The summed E-state index contributed by atoms with van der Waals surface area (Å²) in [5.41, 5.74) is 1.90. The van der Waals surface area contributed by atoms with Gasteiger partial charge in [0.15, 0.2) is 11.6 Å². The van der Waals surface area contributed by atoms with Crippen molar-refractivity contribution in [2.75, 3.05) is 5.32 Å². The molecule has 42 heavy (non-hydrogen) atoms. The van der Waals surface area contributed by atoms with Crippen molar-refractivity contribution >= 4 is 73.5 Å². The van der Waals surface area contributed by atoms with Gasteiger partial charge in [0.2, 0.25) is 5.91 Å². The monoisotopic (exact) mass is 580 g/mol. The molecule has 3 aromatic rings. The Hall–Kier alpha value is -3.66. The Morgan fingerprint density at radius 2 is 1.17 bits per heavy atom. The van der Waals surface area contributed by atoms with Gasteiger partial charge in [-0.15, -0.1) is 0 Å². The standard InChI is InChI=1S/C9H12BNO3.C8H10B2O5.C8H10BNO3/c1-2-9(12)11-8-5-3-7(4-6-8)10(13)14;1-5(11)6-2-7(9(12)13)4-8(3-6)10(14)15;1-2-8(11)7-5-6(9(12)13)3-4-10-7/h3-6,13-14H,2H2,1H3,(H,11,12);2-4,12-15H,1H3;3-5,12-13H,2H2,1H3. The third-order valence-corrected chi connectivity index (χ3v) is 5.48. The summed E-state index contributed by atoms with van der Waals surface area (Å²) in [7, 11) is -6.51. The lowest BCUT2D eigenvalue weighted by atomic mass is 9.71. The topological polar surface area (TPSA) is 238 Å². The summed E-state index contributed by atoms with van der Waals surface area (Å²) >= 11 is 0. The Kier molecular flexibility index (Phi) is 15.6. The van der Waals surface area contributed by atoms with Crippen LogP contribution in [0.15, 0.2) is 60.8 Å². The number of nitrogens with one attached hydrogen (secondary N) is 1. The number of hydrogen-bond acceptors (Lipinski definition) is 12. The summed E-state index contributed by atoms with van der Waals surface area (Å²) < 4.78 is 0. The molecule has 2 aromatic carbocycles. The molecule has 0 spiro atoms. The molecule has 1 aromatic heterocycles.